The summed E-state index contributed by atoms with van der Waals surface area (Å²) in [5.41, 5.74) is 3.81. The molecule has 3 nitrogen and oxygen atoms in total. The first-order chi connectivity index (χ1) is 8.44. The predicted molar refractivity (Wildman–Crippen MR) is 59.6 cm³/mol. The second-order valence-corrected chi connectivity index (χ2v) is 4.98. The first-order valence-electron chi connectivity index (χ1n) is 5.66. The summed E-state index contributed by atoms with van der Waals surface area (Å²) >= 11 is 0. The molecule has 2 fully saturated rings. The Labute approximate surface area is 101 Å². The molecule has 1 saturated carbocycles. The summed E-state index contributed by atoms with van der Waals surface area (Å²) in [5, 5.41) is 0. The Morgan fingerprint density at radius 2 is 1.89 bits per heavy atom. The Kier molecular flexibility index (Phi) is 2.15. The molecule has 2 aliphatic rings. The van der Waals surface area contributed by atoms with Crippen molar-refractivity contribution < 1.29 is 18.0 Å². The molecule has 3 rings (SSSR count). The normalized spacial score (nSPS) is 20.8. The minimum atomic E-state index is -1.39. The van der Waals surface area contributed by atoms with Crippen molar-refractivity contribution in [3.63, 3.8) is 0 Å². The third-order valence-corrected chi connectivity index (χ3v) is 3.78. The molecule has 6 heteroatoms. The van der Waals surface area contributed by atoms with E-state index in [0.29, 0.717) is 6.54 Å². The largest absolute Gasteiger partial charge is 0.394 e. The first kappa shape index (κ1) is 11.4. The molecule has 1 aliphatic carbocycles. The standard InChI is InChI=1S/C12H11F3N2O/c13-6-3-7(10(15)11(16)9(6)14)17-4-8(18)12(5-17)1-2-12/h3H,1-2,4-5,16H2. The van der Waals surface area contributed by atoms with Crippen LogP contribution in [0, 0.1) is 22.9 Å². The number of rotatable bonds is 1. The highest BCUT2D eigenvalue weighted by Crippen LogP contribution is 2.51. The molecule has 1 aromatic carbocycles. The highest BCUT2D eigenvalue weighted by molar-refractivity contribution is 5.95. The molecule has 0 aromatic heterocycles. The van der Waals surface area contributed by atoms with Crippen LogP contribution in [0.2, 0.25) is 0 Å². The summed E-state index contributed by atoms with van der Waals surface area (Å²) in [6.07, 6.45) is 1.56. The van der Waals surface area contributed by atoms with E-state index in [0.717, 1.165) is 18.9 Å². The van der Waals surface area contributed by atoms with Gasteiger partial charge in [0.1, 0.15) is 5.69 Å². The van der Waals surface area contributed by atoms with Crippen molar-refractivity contribution in [3.05, 3.63) is 23.5 Å². The number of nitrogen functional groups attached to an aromatic ring is 1. The van der Waals surface area contributed by atoms with Gasteiger partial charge in [-0.1, -0.05) is 0 Å². The van der Waals surface area contributed by atoms with E-state index in [1.807, 2.05) is 0 Å². The molecule has 1 spiro atoms. The summed E-state index contributed by atoms with van der Waals surface area (Å²) in [5.74, 6) is -3.55. The van der Waals surface area contributed by atoms with Crippen LogP contribution in [0.25, 0.3) is 0 Å². The van der Waals surface area contributed by atoms with Gasteiger partial charge in [-0.15, -0.1) is 0 Å². The average Bonchev–Trinajstić information content (AvgIpc) is 3.03. The quantitative estimate of drug-likeness (QED) is 0.616. The number of hydrogen-bond donors (Lipinski definition) is 1. The maximum absolute atomic E-state index is 13.8. The molecule has 1 heterocycles. The summed E-state index contributed by atoms with van der Waals surface area (Å²) in [6, 6.07) is 0.760. The van der Waals surface area contributed by atoms with Gasteiger partial charge in [-0.3, -0.25) is 4.79 Å². The Hall–Kier alpha value is -1.72. The smallest absolute Gasteiger partial charge is 0.184 e. The Morgan fingerprint density at radius 3 is 2.44 bits per heavy atom. The lowest BCUT2D eigenvalue weighted by Gasteiger charge is -2.19. The number of ketones is 1. The lowest BCUT2D eigenvalue weighted by atomic mass is 10.1. The van der Waals surface area contributed by atoms with Crippen LogP contribution in [0.1, 0.15) is 12.8 Å². The minimum Gasteiger partial charge on any atom is -0.394 e. The number of nitrogens with two attached hydrogens (primary N) is 1. The first-order valence-corrected chi connectivity index (χ1v) is 5.66. The second kappa shape index (κ2) is 3.40. The third kappa shape index (κ3) is 1.41. The molecule has 96 valence electrons. The molecule has 0 atom stereocenters. The number of benzene rings is 1. The fourth-order valence-corrected chi connectivity index (χ4v) is 2.45. The molecule has 18 heavy (non-hydrogen) atoms. The molecule has 2 N–H and O–H groups in total. The summed E-state index contributed by atoms with van der Waals surface area (Å²) < 4.78 is 40.1. The number of carbonyl (C=O) groups is 1. The maximum atomic E-state index is 13.8. The van der Waals surface area contributed by atoms with Crippen LogP contribution in [0.5, 0.6) is 0 Å². The number of hydrogen-bond acceptors (Lipinski definition) is 3. The summed E-state index contributed by atoms with van der Waals surface area (Å²) in [6.45, 7) is 0.384. The average molecular weight is 256 g/mol. The lowest BCUT2D eigenvalue weighted by Crippen LogP contribution is -2.22. The minimum absolute atomic E-state index is 0.0292. The van der Waals surface area contributed by atoms with Gasteiger partial charge in [-0.25, -0.2) is 13.2 Å². The number of anilines is 2. The molecule has 1 aromatic rings. The molecule has 1 saturated heterocycles. The van der Waals surface area contributed by atoms with Gasteiger partial charge in [0.25, 0.3) is 0 Å². The van der Waals surface area contributed by atoms with E-state index in [4.69, 9.17) is 5.73 Å². The highest BCUT2D eigenvalue weighted by atomic mass is 19.2. The molecule has 0 bridgehead atoms. The summed E-state index contributed by atoms with van der Waals surface area (Å²) in [7, 11) is 0. The van der Waals surface area contributed by atoms with Crippen molar-refractivity contribution in [3.8, 4) is 0 Å². The number of nitrogens with zero attached hydrogens (tertiary/aromatic N) is 1. The zero-order valence-electron chi connectivity index (χ0n) is 9.47. The van der Waals surface area contributed by atoms with Crippen molar-refractivity contribution in [2.24, 2.45) is 5.41 Å². The van der Waals surface area contributed by atoms with Crippen LogP contribution >= 0.6 is 0 Å². The van der Waals surface area contributed by atoms with Gasteiger partial charge in [-0.05, 0) is 12.8 Å². The van der Waals surface area contributed by atoms with Gasteiger partial charge >= 0.3 is 0 Å². The third-order valence-electron chi connectivity index (χ3n) is 3.78. The maximum Gasteiger partial charge on any atom is 0.184 e. The van der Waals surface area contributed by atoms with E-state index in [2.05, 4.69) is 0 Å². The number of carbonyl (C=O) groups excluding carboxylic acids is 1. The van der Waals surface area contributed by atoms with E-state index in [1.165, 1.54) is 4.90 Å². The van der Waals surface area contributed by atoms with Gasteiger partial charge in [0.2, 0.25) is 0 Å². The van der Waals surface area contributed by atoms with Crippen LogP contribution in [-0.2, 0) is 4.79 Å². The van der Waals surface area contributed by atoms with Gasteiger partial charge in [0.15, 0.2) is 23.2 Å². The van der Waals surface area contributed by atoms with E-state index in [1.54, 1.807) is 0 Å². The fourth-order valence-electron chi connectivity index (χ4n) is 2.45. The van der Waals surface area contributed by atoms with Crippen LogP contribution in [0.4, 0.5) is 24.5 Å². The topological polar surface area (TPSA) is 46.3 Å². The van der Waals surface area contributed by atoms with Crippen molar-refractivity contribution in [1.82, 2.24) is 0 Å². The van der Waals surface area contributed by atoms with Crippen LogP contribution < -0.4 is 10.6 Å². The lowest BCUT2D eigenvalue weighted by molar-refractivity contribution is -0.120. The van der Waals surface area contributed by atoms with Crippen LogP contribution in [0.3, 0.4) is 0 Å². The van der Waals surface area contributed by atoms with E-state index < -0.39 is 23.1 Å². The van der Waals surface area contributed by atoms with Gasteiger partial charge in [0.05, 0.1) is 12.2 Å². The van der Waals surface area contributed by atoms with E-state index in [9.17, 15) is 18.0 Å². The molecule has 1 aliphatic heterocycles. The van der Waals surface area contributed by atoms with Crippen molar-refractivity contribution in [2.75, 3.05) is 23.7 Å². The predicted octanol–water partition coefficient (Wildman–Crippen LogP) is 1.86. The Bertz CT molecular complexity index is 555. The number of halogens is 3. The fraction of sp³-hybridized carbons (Fsp3) is 0.417. The SMILES string of the molecule is Nc1c(F)c(F)cc(N2CC(=O)C3(CC3)C2)c1F. The molecule has 0 unspecified atom stereocenters. The van der Waals surface area contributed by atoms with Crippen molar-refractivity contribution >= 4 is 17.2 Å². The monoisotopic (exact) mass is 256 g/mol. The molecule has 0 radical (unpaired) electrons. The summed E-state index contributed by atoms with van der Waals surface area (Å²) in [4.78, 5) is 13.2. The molecule has 0 amide bonds. The van der Waals surface area contributed by atoms with Crippen molar-refractivity contribution in [2.45, 2.75) is 12.8 Å². The van der Waals surface area contributed by atoms with E-state index in [-0.39, 0.29) is 23.4 Å². The second-order valence-electron chi connectivity index (χ2n) is 4.98. The van der Waals surface area contributed by atoms with E-state index >= 15 is 0 Å². The number of Topliss-reactive ketones (excluding diaryl/α,β-unsaturated/α-hetero) is 1. The Balaban J connectivity index is 2.01. The molecular weight excluding hydrogens is 245 g/mol. The zero-order valence-corrected chi connectivity index (χ0v) is 9.47. The highest BCUT2D eigenvalue weighted by Gasteiger charge is 2.55. The van der Waals surface area contributed by atoms with Gasteiger partial charge in [0, 0.05) is 18.0 Å². The van der Waals surface area contributed by atoms with Crippen molar-refractivity contribution in [1.29, 1.82) is 0 Å². The Morgan fingerprint density at radius 1 is 1.22 bits per heavy atom. The zero-order chi connectivity index (χ0) is 13.1. The van der Waals surface area contributed by atoms with Crippen LogP contribution in [0.15, 0.2) is 6.07 Å². The van der Waals surface area contributed by atoms with Gasteiger partial charge < -0.3 is 10.6 Å². The molecular formula is C12H11F3N2O. The van der Waals surface area contributed by atoms with Crippen LogP contribution in [-0.4, -0.2) is 18.9 Å². The van der Waals surface area contributed by atoms with Gasteiger partial charge in [-0.2, -0.15) is 0 Å².